The van der Waals surface area contributed by atoms with E-state index in [2.05, 4.69) is 14.9 Å². The molecule has 2 aliphatic heterocycles. The first-order chi connectivity index (χ1) is 18.6. The van der Waals surface area contributed by atoms with E-state index in [-0.39, 0.29) is 28.7 Å². The summed E-state index contributed by atoms with van der Waals surface area (Å²) in [5.41, 5.74) is 4.89. The molecule has 0 saturated carbocycles. The third kappa shape index (κ3) is 5.68. The summed E-state index contributed by atoms with van der Waals surface area (Å²) in [4.78, 5) is 28.6. The molecule has 0 radical (unpaired) electrons. The van der Waals surface area contributed by atoms with Crippen molar-refractivity contribution in [1.29, 1.82) is 0 Å². The first kappa shape index (κ1) is 26.9. The van der Waals surface area contributed by atoms with Gasteiger partial charge in [-0.05, 0) is 57.0 Å². The average molecular weight is 548 g/mol. The van der Waals surface area contributed by atoms with Crippen molar-refractivity contribution in [1.82, 2.24) is 24.4 Å². The van der Waals surface area contributed by atoms with Crippen LogP contribution in [0.3, 0.4) is 0 Å². The van der Waals surface area contributed by atoms with E-state index < -0.39 is 23.5 Å². The summed E-state index contributed by atoms with van der Waals surface area (Å²) in [5.74, 6) is -1.62. The minimum Gasteiger partial charge on any atom is -0.477 e. The Morgan fingerprint density at radius 3 is 2.46 bits per heavy atom. The van der Waals surface area contributed by atoms with Crippen molar-refractivity contribution >= 4 is 17.6 Å². The maximum Gasteiger partial charge on any atom is 0.419 e. The molecule has 0 spiro atoms. The van der Waals surface area contributed by atoms with Gasteiger partial charge in [-0.2, -0.15) is 13.2 Å². The van der Waals surface area contributed by atoms with E-state index in [0.29, 0.717) is 38.2 Å². The maximum absolute atomic E-state index is 13.9. The van der Waals surface area contributed by atoms with Gasteiger partial charge in [0.1, 0.15) is 35.2 Å². The number of alkyl halides is 3. The predicted octanol–water partition coefficient (Wildman–Crippen LogP) is 4.26. The molecule has 4 heterocycles. The molecule has 208 valence electrons. The lowest BCUT2D eigenvalue weighted by atomic mass is 9.95. The van der Waals surface area contributed by atoms with Crippen LogP contribution in [0.5, 0.6) is 0 Å². The van der Waals surface area contributed by atoms with Crippen LogP contribution in [0.1, 0.15) is 53.3 Å². The lowest BCUT2D eigenvalue weighted by molar-refractivity contribution is -0.139. The van der Waals surface area contributed by atoms with Gasteiger partial charge in [0.15, 0.2) is 0 Å². The highest BCUT2D eigenvalue weighted by atomic mass is 19.4. The zero-order valence-corrected chi connectivity index (χ0v) is 21.2. The van der Waals surface area contributed by atoms with Gasteiger partial charge in [0.05, 0.1) is 11.3 Å². The molecule has 2 aromatic heterocycles. The van der Waals surface area contributed by atoms with Crippen LogP contribution in [0.4, 0.5) is 29.2 Å². The molecular formula is C26H29F4N7O2. The van der Waals surface area contributed by atoms with E-state index >= 15 is 0 Å². The molecule has 2 aliphatic rings. The monoisotopic (exact) mass is 547 g/mol. The predicted molar refractivity (Wildman–Crippen MR) is 136 cm³/mol. The SMILES string of the molecule is Nc1ncnc(N2CCC(c3nc(-c4ccc(F)c(C(F)(F)F)c4)cn3CCN3CCCC3)CC2)c1C(=O)O. The number of benzene rings is 1. The van der Waals surface area contributed by atoms with Crippen LogP contribution >= 0.6 is 0 Å². The summed E-state index contributed by atoms with van der Waals surface area (Å²) in [6, 6.07) is 2.95. The average Bonchev–Trinajstić information content (AvgIpc) is 3.57. The molecule has 2 saturated heterocycles. The van der Waals surface area contributed by atoms with Gasteiger partial charge in [-0.25, -0.2) is 24.1 Å². The van der Waals surface area contributed by atoms with Crippen LogP contribution < -0.4 is 10.6 Å². The molecule has 9 nitrogen and oxygen atoms in total. The van der Waals surface area contributed by atoms with Gasteiger partial charge in [-0.1, -0.05) is 0 Å². The Morgan fingerprint density at radius 1 is 1.08 bits per heavy atom. The number of piperidine rings is 1. The summed E-state index contributed by atoms with van der Waals surface area (Å²) in [6.45, 7) is 4.42. The number of nitrogens with two attached hydrogens (primary N) is 1. The second-order valence-corrected chi connectivity index (χ2v) is 9.94. The Morgan fingerprint density at radius 2 is 1.79 bits per heavy atom. The van der Waals surface area contributed by atoms with Gasteiger partial charge in [0.2, 0.25) is 0 Å². The normalized spacial score (nSPS) is 17.2. The zero-order chi connectivity index (χ0) is 27.7. The fourth-order valence-electron chi connectivity index (χ4n) is 5.42. The number of aromatic carboxylic acids is 1. The van der Waals surface area contributed by atoms with Crippen molar-refractivity contribution in [2.75, 3.05) is 43.4 Å². The van der Waals surface area contributed by atoms with Crippen molar-refractivity contribution < 1.29 is 27.5 Å². The number of carboxylic acid groups (broad SMARTS) is 1. The summed E-state index contributed by atoms with van der Waals surface area (Å²) in [6.07, 6.45) is 1.70. The maximum atomic E-state index is 13.9. The van der Waals surface area contributed by atoms with Gasteiger partial charge in [-0.15, -0.1) is 0 Å². The number of nitrogen functional groups attached to an aromatic ring is 1. The highest BCUT2D eigenvalue weighted by molar-refractivity contribution is 5.98. The van der Waals surface area contributed by atoms with E-state index in [4.69, 9.17) is 10.7 Å². The summed E-state index contributed by atoms with van der Waals surface area (Å²) in [5, 5.41) is 9.59. The highest BCUT2D eigenvalue weighted by Gasteiger charge is 2.35. The number of carbonyl (C=O) groups is 1. The van der Waals surface area contributed by atoms with Gasteiger partial charge < -0.3 is 25.2 Å². The molecule has 0 atom stereocenters. The number of hydrogen-bond donors (Lipinski definition) is 2. The number of carboxylic acids is 1. The second-order valence-electron chi connectivity index (χ2n) is 9.94. The summed E-state index contributed by atoms with van der Waals surface area (Å²) >= 11 is 0. The lowest BCUT2D eigenvalue weighted by Gasteiger charge is -2.33. The number of aromatic nitrogens is 4. The van der Waals surface area contributed by atoms with Crippen LogP contribution in [0.2, 0.25) is 0 Å². The van der Waals surface area contributed by atoms with Crippen LogP contribution in [0.25, 0.3) is 11.3 Å². The minimum absolute atomic E-state index is 0.0106. The largest absolute Gasteiger partial charge is 0.477 e. The molecule has 0 bridgehead atoms. The molecule has 13 heteroatoms. The number of halogens is 4. The molecule has 3 aromatic rings. The fraction of sp³-hybridized carbons (Fsp3) is 0.462. The summed E-state index contributed by atoms with van der Waals surface area (Å²) in [7, 11) is 0. The van der Waals surface area contributed by atoms with E-state index in [1.165, 1.54) is 12.4 Å². The number of rotatable bonds is 7. The zero-order valence-electron chi connectivity index (χ0n) is 21.2. The quantitative estimate of drug-likeness (QED) is 0.422. The Balaban J connectivity index is 1.41. The Labute approximate surface area is 222 Å². The lowest BCUT2D eigenvalue weighted by Crippen LogP contribution is -2.36. The van der Waals surface area contributed by atoms with E-state index in [1.54, 1.807) is 6.20 Å². The van der Waals surface area contributed by atoms with Crippen LogP contribution in [-0.2, 0) is 12.7 Å². The Bertz CT molecular complexity index is 1350. The molecular weight excluding hydrogens is 518 g/mol. The van der Waals surface area contributed by atoms with E-state index in [9.17, 15) is 27.5 Å². The van der Waals surface area contributed by atoms with Crippen LogP contribution in [-0.4, -0.2) is 68.2 Å². The van der Waals surface area contributed by atoms with Crippen molar-refractivity contribution in [3.63, 3.8) is 0 Å². The van der Waals surface area contributed by atoms with E-state index in [1.807, 2.05) is 9.47 Å². The van der Waals surface area contributed by atoms with Gasteiger partial charge in [0, 0.05) is 43.9 Å². The molecule has 39 heavy (non-hydrogen) atoms. The Hall–Kier alpha value is -3.74. The highest BCUT2D eigenvalue weighted by Crippen LogP contribution is 2.36. The Kier molecular flexibility index (Phi) is 7.43. The third-order valence-corrected chi connectivity index (χ3v) is 7.46. The van der Waals surface area contributed by atoms with Crippen molar-refractivity contribution in [2.24, 2.45) is 0 Å². The standard InChI is InChI=1S/C26H29F4N7O2/c27-19-4-3-17(13-18(19)26(28,29)30)20-14-37(12-11-35-7-1-2-8-35)23(34-20)16-5-9-36(10-6-16)24-21(25(38)39)22(31)32-15-33-24/h3-4,13-16H,1-2,5-12H2,(H,38,39)(H2,31,32,33). The van der Waals surface area contributed by atoms with Crippen LogP contribution in [0.15, 0.2) is 30.7 Å². The molecule has 5 rings (SSSR count). The topological polar surface area (TPSA) is 113 Å². The third-order valence-electron chi connectivity index (χ3n) is 7.46. The fourth-order valence-corrected chi connectivity index (χ4v) is 5.42. The van der Waals surface area contributed by atoms with Crippen molar-refractivity contribution in [2.45, 2.75) is 44.3 Å². The molecule has 0 aliphatic carbocycles. The van der Waals surface area contributed by atoms with Crippen LogP contribution in [0, 0.1) is 5.82 Å². The minimum atomic E-state index is -4.81. The molecule has 3 N–H and O–H groups in total. The van der Waals surface area contributed by atoms with Gasteiger partial charge in [0.25, 0.3) is 0 Å². The van der Waals surface area contributed by atoms with E-state index in [0.717, 1.165) is 50.4 Å². The van der Waals surface area contributed by atoms with Crippen molar-refractivity contribution in [3.05, 3.63) is 53.5 Å². The number of hydrogen-bond acceptors (Lipinski definition) is 7. The number of nitrogens with zero attached hydrogens (tertiary/aromatic N) is 6. The first-order valence-corrected chi connectivity index (χ1v) is 12.9. The molecule has 2 fully saturated rings. The summed E-state index contributed by atoms with van der Waals surface area (Å²) < 4.78 is 56.0. The van der Waals surface area contributed by atoms with Gasteiger partial charge in [-0.3, -0.25) is 0 Å². The molecule has 0 unspecified atom stereocenters. The number of likely N-dealkylation sites (tertiary alicyclic amines) is 1. The number of imidazole rings is 1. The molecule has 1 aromatic carbocycles. The number of anilines is 2. The smallest absolute Gasteiger partial charge is 0.419 e. The van der Waals surface area contributed by atoms with Gasteiger partial charge >= 0.3 is 12.1 Å². The molecule has 0 amide bonds. The first-order valence-electron chi connectivity index (χ1n) is 12.9. The second kappa shape index (κ2) is 10.8. The van der Waals surface area contributed by atoms with Crippen molar-refractivity contribution in [3.8, 4) is 11.3 Å².